The molecule has 0 aromatic carbocycles. The number of carbonyl (C=O) groups is 1. The minimum absolute atomic E-state index is 0.0451. The lowest BCUT2D eigenvalue weighted by molar-refractivity contribution is 0.0160. The fourth-order valence-corrected chi connectivity index (χ4v) is 4.69. The van der Waals surface area contributed by atoms with Crippen LogP contribution in [0.2, 0.25) is 5.02 Å². The standard InChI is InChI=1S/C20H27ClN6O2/c1-12-15(21)10-13-14(17-23-24-25-26(17)5)11-20(16(13)22-12)6-8-27(9-7-20)18(28)29-19(2,3)4/h10,14H,6-9,11H2,1-5H3. The van der Waals surface area contributed by atoms with Crippen LogP contribution in [0.3, 0.4) is 0 Å². The zero-order valence-corrected chi connectivity index (χ0v) is 18.3. The van der Waals surface area contributed by atoms with Gasteiger partial charge < -0.3 is 9.64 Å². The number of aryl methyl sites for hydroxylation is 2. The zero-order chi connectivity index (χ0) is 21.0. The van der Waals surface area contributed by atoms with Crippen molar-refractivity contribution in [1.29, 1.82) is 0 Å². The van der Waals surface area contributed by atoms with Gasteiger partial charge in [0, 0.05) is 31.5 Å². The van der Waals surface area contributed by atoms with Crippen molar-refractivity contribution >= 4 is 17.7 Å². The van der Waals surface area contributed by atoms with E-state index in [-0.39, 0.29) is 17.4 Å². The Bertz CT molecular complexity index is 943. The molecule has 4 rings (SSSR count). The molecule has 1 saturated heterocycles. The first-order valence-electron chi connectivity index (χ1n) is 9.97. The lowest BCUT2D eigenvalue weighted by Gasteiger charge is -2.40. The maximum atomic E-state index is 12.5. The second kappa shape index (κ2) is 6.93. The summed E-state index contributed by atoms with van der Waals surface area (Å²) in [6.07, 6.45) is 2.27. The third-order valence-electron chi connectivity index (χ3n) is 5.99. The van der Waals surface area contributed by atoms with Gasteiger partial charge in [0.15, 0.2) is 5.82 Å². The van der Waals surface area contributed by atoms with E-state index in [1.165, 1.54) is 0 Å². The Morgan fingerprint density at radius 3 is 2.59 bits per heavy atom. The van der Waals surface area contributed by atoms with Crippen molar-refractivity contribution in [2.75, 3.05) is 13.1 Å². The Morgan fingerprint density at radius 1 is 1.31 bits per heavy atom. The molecule has 9 heteroatoms. The lowest BCUT2D eigenvalue weighted by Crippen LogP contribution is -2.46. The van der Waals surface area contributed by atoms with E-state index in [0.717, 1.165) is 42.0 Å². The topological polar surface area (TPSA) is 86.0 Å². The van der Waals surface area contributed by atoms with Gasteiger partial charge in [0.25, 0.3) is 0 Å². The monoisotopic (exact) mass is 418 g/mol. The first-order chi connectivity index (χ1) is 13.6. The van der Waals surface area contributed by atoms with Crippen molar-refractivity contribution in [3.05, 3.63) is 33.9 Å². The van der Waals surface area contributed by atoms with E-state index in [1.807, 2.05) is 40.8 Å². The van der Waals surface area contributed by atoms with E-state index in [0.29, 0.717) is 18.1 Å². The molecular formula is C20H27ClN6O2. The summed E-state index contributed by atoms with van der Waals surface area (Å²) in [6.45, 7) is 8.88. The van der Waals surface area contributed by atoms with Crippen molar-refractivity contribution in [3.8, 4) is 0 Å². The van der Waals surface area contributed by atoms with E-state index in [2.05, 4.69) is 15.5 Å². The summed E-state index contributed by atoms with van der Waals surface area (Å²) in [5.41, 5.74) is 2.40. The largest absolute Gasteiger partial charge is 0.444 e. The molecule has 0 radical (unpaired) electrons. The number of likely N-dealkylation sites (tertiary alicyclic amines) is 1. The highest BCUT2D eigenvalue weighted by atomic mass is 35.5. The SMILES string of the molecule is Cc1nc2c(cc1Cl)C(c1nnnn1C)CC21CCN(C(=O)OC(C)(C)C)CC1. The normalized spacial score (nSPS) is 20.8. The van der Waals surface area contributed by atoms with E-state index in [1.54, 1.807) is 9.58 Å². The summed E-state index contributed by atoms with van der Waals surface area (Å²) in [5, 5.41) is 12.7. The van der Waals surface area contributed by atoms with Gasteiger partial charge in [-0.1, -0.05) is 11.6 Å². The van der Waals surface area contributed by atoms with Gasteiger partial charge in [-0.05, 0) is 69.0 Å². The minimum atomic E-state index is -0.495. The first kappa shape index (κ1) is 20.1. The van der Waals surface area contributed by atoms with Crippen molar-refractivity contribution in [2.24, 2.45) is 7.05 Å². The van der Waals surface area contributed by atoms with Crippen molar-refractivity contribution in [3.63, 3.8) is 0 Å². The number of nitrogens with zero attached hydrogens (tertiary/aromatic N) is 6. The smallest absolute Gasteiger partial charge is 0.410 e. The Hall–Kier alpha value is -2.22. The van der Waals surface area contributed by atoms with Crippen LogP contribution in [0.5, 0.6) is 0 Å². The fourth-order valence-electron chi connectivity index (χ4n) is 4.53. The molecule has 1 spiro atoms. The Labute approximate surface area is 175 Å². The number of aromatic nitrogens is 5. The third kappa shape index (κ3) is 3.58. The fraction of sp³-hybridized carbons (Fsp3) is 0.650. The number of pyridine rings is 1. The van der Waals surface area contributed by atoms with Crippen LogP contribution in [0.1, 0.15) is 68.7 Å². The molecule has 1 unspecified atom stereocenters. The second-order valence-electron chi connectivity index (χ2n) is 9.16. The molecule has 1 aliphatic heterocycles. The highest BCUT2D eigenvalue weighted by molar-refractivity contribution is 6.31. The predicted molar refractivity (Wildman–Crippen MR) is 108 cm³/mol. The maximum Gasteiger partial charge on any atom is 0.410 e. The Balaban J connectivity index is 1.64. The van der Waals surface area contributed by atoms with E-state index >= 15 is 0 Å². The number of halogens is 1. The van der Waals surface area contributed by atoms with Gasteiger partial charge in [0.2, 0.25) is 0 Å². The van der Waals surface area contributed by atoms with Crippen LogP contribution in [0.4, 0.5) is 4.79 Å². The number of ether oxygens (including phenoxy) is 1. The molecule has 2 aromatic heterocycles. The van der Waals surface area contributed by atoms with Gasteiger partial charge in [-0.2, -0.15) is 0 Å². The van der Waals surface area contributed by atoms with Crippen LogP contribution in [0.15, 0.2) is 6.07 Å². The zero-order valence-electron chi connectivity index (χ0n) is 17.6. The first-order valence-corrected chi connectivity index (χ1v) is 10.4. The molecule has 0 bridgehead atoms. The van der Waals surface area contributed by atoms with Gasteiger partial charge in [-0.25, -0.2) is 9.48 Å². The number of carbonyl (C=O) groups excluding carboxylic acids is 1. The molecule has 1 fully saturated rings. The number of hydrogen-bond acceptors (Lipinski definition) is 6. The summed E-state index contributed by atoms with van der Waals surface area (Å²) >= 11 is 6.42. The van der Waals surface area contributed by atoms with Crippen LogP contribution in [0, 0.1) is 6.92 Å². The Kier molecular flexibility index (Phi) is 4.80. The predicted octanol–water partition coefficient (Wildman–Crippen LogP) is 3.37. The quantitative estimate of drug-likeness (QED) is 0.705. The molecule has 1 aliphatic carbocycles. The maximum absolute atomic E-state index is 12.5. The number of piperidine rings is 1. The summed E-state index contributed by atoms with van der Waals surface area (Å²) in [5.74, 6) is 0.864. The van der Waals surface area contributed by atoms with Crippen LogP contribution in [0.25, 0.3) is 0 Å². The number of amides is 1. The second-order valence-corrected chi connectivity index (χ2v) is 9.57. The van der Waals surface area contributed by atoms with Crippen LogP contribution >= 0.6 is 11.6 Å². The van der Waals surface area contributed by atoms with Crippen molar-refractivity contribution in [1.82, 2.24) is 30.1 Å². The van der Waals surface area contributed by atoms with Crippen molar-refractivity contribution in [2.45, 2.75) is 63.9 Å². The summed E-state index contributed by atoms with van der Waals surface area (Å²) in [6, 6.07) is 2.02. The lowest BCUT2D eigenvalue weighted by atomic mass is 9.75. The molecule has 0 N–H and O–H groups in total. The van der Waals surface area contributed by atoms with Gasteiger partial charge >= 0.3 is 6.09 Å². The molecule has 2 aromatic rings. The summed E-state index contributed by atoms with van der Waals surface area (Å²) in [7, 11) is 1.86. The molecule has 0 saturated carbocycles. The van der Waals surface area contributed by atoms with Crippen molar-refractivity contribution < 1.29 is 9.53 Å². The average molecular weight is 419 g/mol. The third-order valence-corrected chi connectivity index (χ3v) is 6.37. The highest BCUT2D eigenvalue weighted by Crippen LogP contribution is 2.53. The van der Waals surface area contributed by atoms with Crippen LogP contribution in [-0.2, 0) is 17.2 Å². The van der Waals surface area contributed by atoms with Crippen LogP contribution in [-0.4, -0.2) is 54.9 Å². The van der Waals surface area contributed by atoms with Crippen LogP contribution < -0.4 is 0 Å². The van der Waals surface area contributed by atoms with Gasteiger partial charge in [0.05, 0.1) is 16.4 Å². The molecular weight excluding hydrogens is 392 g/mol. The molecule has 156 valence electrons. The molecule has 3 heterocycles. The van der Waals surface area contributed by atoms with E-state index in [9.17, 15) is 4.79 Å². The van der Waals surface area contributed by atoms with E-state index in [4.69, 9.17) is 21.3 Å². The molecule has 29 heavy (non-hydrogen) atoms. The highest BCUT2D eigenvalue weighted by Gasteiger charge is 2.49. The number of tetrazole rings is 1. The van der Waals surface area contributed by atoms with Gasteiger partial charge in [-0.3, -0.25) is 4.98 Å². The number of rotatable bonds is 1. The minimum Gasteiger partial charge on any atom is -0.444 e. The van der Waals surface area contributed by atoms with Gasteiger partial charge in [0.1, 0.15) is 5.60 Å². The summed E-state index contributed by atoms with van der Waals surface area (Å²) in [4.78, 5) is 19.2. The Morgan fingerprint density at radius 2 is 2.00 bits per heavy atom. The van der Waals surface area contributed by atoms with E-state index < -0.39 is 5.60 Å². The number of fused-ring (bicyclic) bond motifs is 2. The molecule has 8 nitrogen and oxygen atoms in total. The molecule has 2 aliphatic rings. The average Bonchev–Trinajstić information content (AvgIpc) is 3.17. The number of hydrogen-bond donors (Lipinski definition) is 0. The summed E-state index contributed by atoms with van der Waals surface area (Å²) < 4.78 is 7.27. The molecule has 1 amide bonds. The van der Waals surface area contributed by atoms with Gasteiger partial charge in [-0.15, -0.1) is 5.10 Å². The molecule has 1 atom stereocenters.